The van der Waals surface area contributed by atoms with Crippen molar-refractivity contribution in [2.24, 2.45) is 4.99 Å². The molecule has 0 spiro atoms. The number of alkyl halides is 6. The van der Waals surface area contributed by atoms with Crippen LogP contribution in [0.4, 0.5) is 32.0 Å². The van der Waals surface area contributed by atoms with E-state index in [1.54, 1.807) is 6.07 Å². The van der Waals surface area contributed by atoms with Gasteiger partial charge in [-0.25, -0.2) is 4.99 Å². The minimum Gasteiger partial charge on any atom is -0.359 e. The molecule has 0 amide bonds. The predicted molar refractivity (Wildman–Crippen MR) is 75.3 cm³/mol. The van der Waals surface area contributed by atoms with Crippen molar-refractivity contribution in [1.82, 2.24) is 4.90 Å². The maximum absolute atomic E-state index is 12.8. The number of hydrogen-bond acceptors (Lipinski definition) is 3. The van der Waals surface area contributed by atoms with Gasteiger partial charge in [0, 0.05) is 14.1 Å². The summed E-state index contributed by atoms with van der Waals surface area (Å²) in [6.07, 6.45) is -9.54. The molecular weight excluding hydrogens is 360 g/mol. The lowest BCUT2D eigenvalue weighted by atomic mass is 10.2. The van der Waals surface area contributed by atoms with E-state index >= 15 is 0 Å². The largest absolute Gasteiger partial charge is 0.449 e. The van der Waals surface area contributed by atoms with Crippen molar-refractivity contribution in [3.63, 3.8) is 0 Å². The van der Waals surface area contributed by atoms with Gasteiger partial charge in [0.25, 0.3) is 0 Å². The first kappa shape index (κ1) is 20.0. The van der Waals surface area contributed by atoms with Crippen molar-refractivity contribution in [3.8, 4) is 6.07 Å². The van der Waals surface area contributed by atoms with Crippen LogP contribution in [0.5, 0.6) is 0 Å². The number of rotatable bonds is 3. The van der Waals surface area contributed by atoms with Crippen molar-refractivity contribution in [3.05, 3.63) is 23.8 Å². The fraction of sp³-hybridized carbons (Fsp3) is 0.385. The van der Waals surface area contributed by atoms with Crippen LogP contribution in [0.2, 0.25) is 0 Å². The van der Waals surface area contributed by atoms with Crippen LogP contribution in [0.3, 0.4) is 0 Å². The highest BCUT2D eigenvalue weighted by Crippen LogP contribution is 2.27. The molecule has 1 unspecified atom stereocenters. The van der Waals surface area contributed by atoms with Crippen LogP contribution in [-0.2, 0) is 10.8 Å². The Hall–Kier alpha value is -2.09. The van der Waals surface area contributed by atoms with Crippen LogP contribution in [0.15, 0.2) is 28.1 Å². The third-order valence-corrected chi connectivity index (χ3v) is 3.96. The predicted octanol–water partition coefficient (Wildman–Crippen LogP) is 3.38. The molecule has 132 valence electrons. The molecule has 0 fully saturated rings. The van der Waals surface area contributed by atoms with Crippen LogP contribution in [0.25, 0.3) is 0 Å². The van der Waals surface area contributed by atoms with E-state index in [4.69, 9.17) is 5.26 Å². The lowest BCUT2D eigenvalue weighted by Gasteiger charge is -2.18. The molecule has 0 aliphatic carbocycles. The first-order valence-corrected chi connectivity index (χ1v) is 7.49. The number of aliphatic imine (C=N–C) groups is 1. The molecule has 1 atom stereocenters. The van der Waals surface area contributed by atoms with Crippen molar-refractivity contribution < 1.29 is 30.6 Å². The number of halogens is 6. The minimum atomic E-state index is -4.79. The Morgan fingerprint density at radius 3 is 2.25 bits per heavy atom. The summed E-state index contributed by atoms with van der Waals surface area (Å²) in [5, 5.41) is 8.87. The van der Waals surface area contributed by atoms with Gasteiger partial charge in [-0.15, -0.1) is 0 Å². The van der Waals surface area contributed by atoms with Crippen molar-refractivity contribution >= 4 is 22.3 Å². The summed E-state index contributed by atoms with van der Waals surface area (Å²) in [5.41, 5.74) is -0.685. The zero-order chi connectivity index (χ0) is 18.7. The topological polar surface area (TPSA) is 56.5 Å². The van der Waals surface area contributed by atoms with E-state index in [0.717, 1.165) is 32.3 Å². The Bertz CT molecular complexity index is 703. The van der Waals surface area contributed by atoms with Crippen LogP contribution in [0, 0.1) is 11.3 Å². The molecule has 0 aliphatic heterocycles. The Morgan fingerprint density at radius 1 is 1.25 bits per heavy atom. The molecule has 4 nitrogen and oxygen atoms in total. The molecule has 0 aromatic heterocycles. The number of amidine groups is 1. The molecule has 0 radical (unpaired) electrons. The van der Waals surface area contributed by atoms with E-state index in [-0.39, 0.29) is 11.3 Å². The maximum Gasteiger partial charge on any atom is 0.449 e. The lowest BCUT2D eigenvalue weighted by Crippen LogP contribution is -2.35. The second kappa shape index (κ2) is 7.21. The molecule has 0 saturated carbocycles. The molecule has 1 rings (SSSR count). The van der Waals surface area contributed by atoms with Crippen molar-refractivity contribution in [1.29, 1.82) is 5.26 Å². The van der Waals surface area contributed by atoms with Crippen LogP contribution in [-0.4, -0.2) is 47.1 Å². The molecule has 0 aliphatic rings. The summed E-state index contributed by atoms with van der Waals surface area (Å²) >= 11 is 0. The molecule has 1 aromatic rings. The van der Waals surface area contributed by atoms with E-state index in [1.165, 1.54) is 0 Å². The van der Waals surface area contributed by atoms with Gasteiger partial charge in [-0.05, 0) is 18.2 Å². The van der Waals surface area contributed by atoms with Crippen LogP contribution >= 0.6 is 0 Å². The third-order valence-electron chi connectivity index (χ3n) is 2.54. The standard InChI is InChI=1S/C13H11F6N3OS/c1-22(2)11(13(17,18)19)21-9-4-3-8(6-20)10(5-9)24(23)7-12(14,15)16/h3-5H,7H2,1-2H3. The van der Waals surface area contributed by atoms with Gasteiger partial charge >= 0.3 is 12.4 Å². The van der Waals surface area contributed by atoms with Gasteiger partial charge < -0.3 is 4.90 Å². The second-order valence-electron chi connectivity index (χ2n) is 4.72. The molecule has 24 heavy (non-hydrogen) atoms. The van der Waals surface area contributed by atoms with Crippen molar-refractivity contribution in [2.45, 2.75) is 17.2 Å². The Kier molecular flexibility index (Phi) is 5.99. The maximum atomic E-state index is 12.8. The van der Waals surface area contributed by atoms with E-state index in [0.29, 0.717) is 4.90 Å². The average molecular weight is 371 g/mol. The zero-order valence-corrected chi connectivity index (χ0v) is 13.2. The smallest absolute Gasteiger partial charge is 0.359 e. The van der Waals surface area contributed by atoms with Gasteiger partial charge in [0.2, 0.25) is 5.84 Å². The summed E-state index contributed by atoms with van der Waals surface area (Å²) in [6, 6.07) is 4.35. The monoisotopic (exact) mass is 371 g/mol. The van der Waals surface area contributed by atoms with Crippen LogP contribution < -0.4 is 0 Å². The third kappa shape index (κ3) is 5.52. The summed E-state index contributed by atoms with van der Waals surface area (Å²) in [7, 11) is -0.441. The number of benzene rings is 1. The highest BCUT2D eigenvalue weighted by Gasteiger charge is 2.37. The quantitative estimate of drug-likeness (QED) is 0.465. The molecule has 0 heterocycles. The zero-order valence-electron chi connectivity index (χ0n) is 12.4. The second-order valence-corrected chi connectivity index (χ2v) is 6.14. The summed E-state index contributed by atoms with van der Waals surface area (Å²) in [4.78, 5) is 3.50. The van der Waals surface area contributed by atoms with Gasteiger partial charge in [0.05, 0.1) is 26.9 Å². The Morgan fingerprint density at radius 2 is 1.83 bits per heavy atom. The van der Waals surface area contributed by atoms with Gasteiger partial charge in [0.1, 0.15) is 11.8 Å². The molecule has 1 aromatic carbocycles. The first-order valence-electron chi connectivity index (χ1n) is 6.17. The summed E-state index contributed by atoms with van der Waals surface area (Å²) < 4.78 is 87.3. The fourth-order valence-corrected chi connectivity index (χ4v) is 2.69. The normalized spacial score (nSPS) is 14.2. The summed E-state index contributed by atoms with van der Waals surface area (Å²) in [6.45, 7) is 0. The lowest BCUT2D eigenvalue weighted by molar-refractivity contribution is -0.105. The van der Waals surface area contributed by atoms with E-state index < -0.39 is 39.6 Å². The highest BCUT2D eigenvalue weighted by molar-refractivity contribution is 7.85. The van der Waals surface area contributed by atoms with Crippen molar-refractivity contribution in [2.75, 3.05) is 19.8 Å². The molecule has 11 heteroatoms. The molecule has 0 N–H and O–H groups in total. The number of nitrogens with zero attached hydrogens (tertiary/aromatic N) is 3. The minimum absolute atomic E-state index is 0.324. The molecule has 0 bridgehead atoms. The fourth-order valence-electron chi connectivity index (χ4n) is 1.63. The van der Waals surface area contributed by atoms with E-state index in [9.17, 15) is 30.6 Å². The Labute approximate surface area is 135 Å². The van der Waals surface area contributed by atoms with E-state index in [1.807, 2.05) is 0 Å². The van der Waals surface area contributed by atoms with Crippen LogP contribution in [0.1, 0.15) is 5.56 Å². The van der Waals surface area contributed by atoms with Gasteiger partial charge in [-0.3, -0.25) is 4.21 Å². The first-order chi connectivity index (χ1) is 10.8. The average Bonchev–Trinajstić information content (AvgIpc) is 2.41. The number of nitriles is 1. The van der Waals surface area contributed by atoms with E-state index in [2.05, 4.69) is 4.99 Å². The molecule has 0 saturated heterocycles. The number of hydrogen-bond donors (Lipinski definition) is 0. The van der Waals surface area contributed by atoms with Gasteiger partial charge in [-0.1, -0.05) is 0 Å². The van der Waals surface area contributed by atoms with Gasteiger partial charge in [0.15, 0.2) is 0 Å². The van der Waals surface area contributed by atoms with Gasteiger partial charge in [-0.2, -0.15) is 31.6 Å². The highest BCUT2D eigenvalue weighted by atomic mass is 32.2. The molecular formula is C13H11F6N3OS. The summed E-state index contributed by atoms with van der Waals surface area (Å²) in [5.74, 6) is -3.01. The Balaban J connectivity index is 3.38. The SMILES string of the molecule is CN(C)C(=Nc1ccc(C#N)c(S(=O)CC(F)(F)F)c1)C(F)(F)F.